The number of hydrogen-bond acceptors (Lipinski definition) is 3. The van der Waals surface area contributed by atoms with Gasteiger partial charge in [-0.05, 0) is 53.3 Å². The van der Waals surface area contributed by atoms with Crippen LogP contribution in [0.2, 0.25) is 10.0 Å². The molecule has 0 aliphatic heterocycles. The zero-order valence-electron chi connectivity index (χ0n) is 22.3. The second-order valence-electron chi connectivity index (χ2n) is 9.62. The Kier molecular flexibility index (Phi) is 11.5. The van der Waals surface area contributed by atoms with Gasteiger partial charge >= 0.3 is 0 Å². The van der Waals surface area contributed by atoms with E-state index in [4.69, 9.17) is 27.9 Å². The summed E-state index contributed by atoms with van der Waals surface area (Å²) in [6, 6.07) is 21.8. The van der Waals surface area contributed by atoms with Gasteiger partial charge in [0.25, 0.3) is 5.91 Å². The van der Waals surface area contributed by atoms with Crippen LogP contribution in [0.4, 0.5) is 0 Å². The predicted octanol–water partition coefficient (Wildman–Crippen LogP) is 7.05. The fourth-order valence-electron chi connectivity index (χ4n) is 4.07. The molecule has 5 nitrogen and oxygen atoms in total. The summed E-state index contributed by atoms with van der Waals surface area (Å²) in [5, 5.41) is 3.95. The third-order valence-electron chi connectivity index (χ3n) is 6.37. The lowest BCUT2D eigenvalue weighted by molar-refractivity contribution is -0.142. The van der Waals surface area contributed by atoms with E-state index in [1.807, 2.05) is 54.6 Å². The van der Waals surface area contributed by atoms with Gasteiger partial charge in [-0.15, -0.1) is 0 Å². The van der Waals surface area contributed by atoms with Crippen LogP contribution in [-0.2, 0) is 22.6 Å². The molecule has 0 aliphatic carbocycles. The van der Waals surface area contributed by atoms with Crippen molar-refractivity contribution < 1.29 is 14.3 Å². The lowest BCUT2D eigenvalue weighted by atomic mass is 10.0. The molecule has 0 spiro atoms. The lowest BCUT2D eigenvalue weighted by Gasteiger charge is -2.31. The van der Waals surface area contributed by atoms with Gasteiger partial charge in [-0.1, -0.05) is 98.9 Å². The summed E-state index contributed by atoms with van der Waals surface area (Å²) in [7, 11) is 0. The fraction of sp³-hybridized carbons (Fsp3) is 0.355. The van der Waals surface area contributed by atoms with Crippen LogP contribution in [0.1, 0.15) is 56.2 Å². The zero-order valence-corrected chi connectivity index (χ0v) is 23.8. The highest BCUT2D eigenvalue weighted by atomic mass is 35.5. The van der Waals surface area contributed by atoms with Gasteiger partial charge in [0, 0.05) is 29.6 Å². The minimum Gasteiger partial charge on any atom is -0.484 e. The van der Waals surface area contributed by atoms with Crippen LogP contribution in [0.15, 0.2) is 72.8 Å². The number of unbranched alkanes of at least 4 members (excludes halogenated alkanes) is 1. The topological polar surface area (TPSA) is 58.6 Å². The van der Waals surface area contributed by atoms with E-state index in [-0.39, 0.29) is 25.0 Å². The van der Waals surface area contributed by atoms with Crippen LogP contribution in [0.3, 0.4) is 0 Å². The molecule has 38 heavy (non-hydrogen) atoms. The number of ether oxygens (including phenoxy) is 1. The monoisotopic (exact) mass is 554 g/mol. The van der Waals surface area contributed by atoms with Crippen LogP contribution in [0.5, 0.6) is 5.75 Å². The first kappa shape index (κ1) is 29.5. The van der Waals surface area contributed by atoms with Crippen molar-refractivity contribution in [3.63, 3.8) is 0 Å². The fourth-order valence-corrected chi connectivity index (χ4v) is 4.54. The summed E-state index contributed by atoms with van der Waals surface area (Å²) in [6.45, 7) is 6.79. The van der Waals surface area contributed by atoms with Crippen molar-refractivity contribution in [1.82, 2.24) is 10.2 Å². The van der Waals surface area contributed by atoms with E-state index in [2.05, 4.69) is 26.1 Å². The number of carbonyl (C=O) groups excluding carboxylic acids is 2. The molecule has 1 N–H and O–H groups in total. The molecule has 1 unspecified atom stereocenters. The molecule has 1 atom stereocenters. The van der Waals surface area contributed by atoms with Gasteiger partial charge < -0.3 is 15.0 Å². The smallest absolute Gasteiger partial charge is 0.261 e. The van der Waals surface area contributed by atoms with Crippen molar-refractivity contribution in [2.75, 3.05) is 13.2 Å². The number of benzene rings is 3. The molecule has 0 heterocycles. The number of carbonyl (C=O) groups is 2. The first-order chi connectivity index (χ1) is 18.3. The molecule has 0 saturated carbocycles. The number of hydrogen-bond donors (Lipinski definition) is 1. The Morgan fingerprint density at radius 1 is 0.974 bits per heavy atom. The molecule has 3 aromatic rings. The van der Waals surface area contributed by atoms with Gasteiger partial charge in [-0.2, -0.15) is 0 Å². The van der Waals surface area contributed by atoms with Crippen LogP contribution >= 0.6 is 23.2 Å². The summed E-state index contributed by atoms with van der Waals surface area (Å²) >= 11 is 12.6. The third kappa shape index (κ3) is 8.78. The Balaban J connectivity index is 1.89. The van der Waals surface area contributed by atoms with E-state index in [9.17, 15) is 9.59 Å². The lowest BCUT2D eigenvalue weighted by Crippen LogP contribution is -2.51. The van der Waals surface area contributed by atoms with Gasteiger partial charge in [0.1, 0.15) is 11.8 Å². The van der Waals surface area contributed by atoms with E-state index < -0.39 is 6.04 Å². The molecule has 0 aromatic heterocycles. The number of nitrogens with one attached hydrogen (secondary N) is 1. The average molecular weight is 556 g/mol. The second-order valence-corrected chi connectivity index (χ2v) is 10.5. The molecular weight excluding hydrogens is 519 g/mol. The van der Waals surface area contributed by atoms with Crippen LogP contribution in [0.25, 0.3) is 0 Å². The van der Waals surface area contributed by atoms with Crippen molar-refractivity contribution >= 4 is 35.0 Å². The second kappa shape index (κ2) is 14.8. The summed E-state index contributed by atoms with van der Waals surface area (Å²) < 4.78 is 5.87. The van der Waals surface area contributed by atoms with Crippen molar-refractivity contribution in [3.05, 3.63) is 99.5 Å². The van der Waals surface area contributed by atoms with E-state index >= 15 is 0 Å². The SMILES string of the molecule is CCCCNC(=O)C(Cc1ccccc1)N(Cc1ccc(Cl)cc1Cl)C(=O)COc1ccc(C(C)C)cc1. The zero-order chi connectivity index (χ0) is 27.5. The average Bonchev–Trinajstić information content (AvgIpc) is 2.91. The van der Waals surface area contributed by atoms with Crippen molar-refractivity contribution in [2.24, 2.45) is 0 Å². The summed E-state index contributed by atoms with van der Waals surface area (Å²) in [4.78, 5) is 28.7. The number of halogens is 2. The van der Waals surface area contributed by atoms with Gasteiger partial charge in [-0.25, -0.2) is 0 Å². The predicted molar refractivity (Wildman–Crippen MR) is 155 cm³/mol. The summed E-state index contributed by atoms with van der Waals surface area (Å²) in [5.41, 5.74) is 2.84. The van der Waals surface area contributed by atoms with Crippen LogP contribution in [-0.4, -0.2) is 35.9 Å². The van der Waals surface area contributed by atoms with Crippen LogP contribution < -0.4 is 10.1 Å². The number of amides is 2. The molecule has 3 aromatic carbocycles. The normalized spacial score (nSPS) is 11.7. The Bertz CT molecular complexity index is 1180. The van der Waals surface area contributed by atoms with Gasteiger partial charge in [0.2, 0.25) is 5.91 Å². The van der Waals surface area contributed by atoms with Crippen molar-refractivity contribution in [3.8, 4) is 5.75 Å². The minimum atomic E-state index is -0.750. The number of rotatable bonds is 13. The Hall–Kier alpha value is -3.02. The molecule has 202 valence electrons. The minimum absolute atomic E-state index is 0.142. The Morgan fingerprint density at radius 2 is 1.68 bits per heavy atom. The molecule has 0 saturated heterocycles. The first-order valence-corrected chi connectivity index (χ1v) is 13.8. The van der Waals surface area contributed by atoms with E-state index in [0.717, 1.165) is 18.4 Å². The van der Waals surface area contributed by atoms with Crippen molar-refractivity contribution in [2.45, 2.75) is 58.5 Å². The van der Waals surface area contributed by atoms with Crippen molar-refractivity contribution in [1.29, 1.82) is 0 Å². The molecule has 7 heteroatoms. The summed E-state index contributed by atoms with van der Waals surface area (Å²) in [5.74, 6) is 0.479. The first-order valence-electron chi connectivity index (χ1n) is 13.1. The van der Waals surface area contributed by atoms with Gasteiger partial charge in [0.15, 0.2) is 6.61 Å². The van der Waals surface area contributed by atoms with E-state index in [0.29, 0.717) is 40.2 Å². The van der Waals surface area contributed by atoms with Gasteiger partial charge in [0.05, 0.1) is 0 Å². The molecule has 0 aliphatic rings. The van der Waals surface area contributed by atoms with E-state index in [1.54, 1.807) is 23.1 Å². The maximum absolute atomic E-state index is 13.7. The highest BCUT2D eigenvalue weighted by Crippen LogP contribution is 2.25. The molecule has 0 radical (unpaired) electrons. The molecule has 0 bridgehead atoms. The highest BCUT2D eigenvalue weighted by Gasteiger charge is 2.31. The maximum atomic E-state index is 13.7. The molecular formula is C31H36Cl2N2O3. The Morgan fingerprint density at radius 3 is 2.32 bits per heavy atom. The highest BCUT2D eigenvalue weighted by molar-refractivity contribution is 6.35. The molecule has 2 amide bonds. The van der Waals surface area contributed by atoms with Crippen LogP contribution in [0, 0.1) is 0 Å². The molecule has 3 rings (SSSR count). The summed E-state index contributed by atoms with van der Waals surface area (Å²) in [6.07, 6.45) is 2.17. The standard InChI is InChI=1S/C31H36Cl2N2O3/c1-4-5-17-34-31(37)29(18-23-9-7-6-8-10-23)35(20-25-11-14-26(32)19-28(25)33)30(36)21-38-27-15-12-24(13-16-27)22(2)3/h6-16,19,22,29H,4-5,17-18,20-21H2,1-3H3,(H,34,37). The van der Waals surface area contributed by atoms with Gasteiger partial charge in [-0.3, -0.25) is 9.59 Å². The quantitative estimate of drug-likeness (QED) is 0.230. The maximum Gasteiger partial charge on any atom is 0.261 e. The molecule has 0 fully saturated rings. The van der Waals surface area contributed by atoms with E-state index in [1.165, 1.54) is 5.56 Å². The third-order valence-corrected chi connectivity index (χ3v) is 6.95. The Labute approximate surface area is 236 Å². The largest absolute Gasteiger partial charge is 0.484 e. The number of nitrogens with zero attached hydrogens (tertiary/aromatic N) is 1.